The van der Waals surface area contributed by atoms with Crippen LogP contribution in [0.25, 0.3) is 0 Å². The van der Waals surface area contributed by atoms with Crippen molar-refractivity contribution in [2.24, 2.45) is 0 Å². The van der Waals surface area contributed by atoms with E-state index in [1.54, 1.807) is 6.07 Å². The van der Waals surface area contributed by atoms with Crippen molar-refractivity contribution in [3.05, 3.63) is 35.1 Å². The number of hydrogen-bond donors (Lipinski definition) is 0. The summed E-state index contributed by atoms with van der Waals surface area (Å²) < 4.78 is 35.2. The molecule has 0 aliphatic heterocycles. The summed E-state index contributed by atoms with van der Waals surface area (Å²) in [6, 6.07) is 4.45. The SMILES string of the molecule is O=S(=O)(Cl)[C@@H]1CCc2cc(F)ccc2C1. The molecule has 1 aromatic carbocycles. The minimum absolute atomic E-state index is 0.277. The monoisotopic (exact) mass is 248 g/mol. The van der Waals surface area contributed by atoms with E-state index in [-0.39, 0.29) is 5.82 Å². The Bertz CT molecular complexity index is 484. The summed E-state index contributed by atoms with van der Waals surface area (Å²) in [5, 5.41) is -0.530. The molecule has 0 aromatic heterocycles. The summed E-state index contributed by atoms with van der Waals surface area (Å²) in [5.41, 5.74) is 1.78. The van der Waals surface area contributed by atoms with E-state index in [2.05, 4.69) is 0 Å². The summed E-state index contributed by atoms with van der Waals surface area (Å²) >= 11 is 0. The summed E-state index contributed by atoms with van der Waals surface area (Å²) in [4.78, 5) is 0. The van der Waals surface area contributed by atoms with E-state index in [1.165, 1.54) is 12.1 Å². The number of benzene rings is 1. The maximum Gasteiger partial charge on any atom is 0.235 e. The van der Waals surface area contributed by atoms with Crippen LogP contribution in [0.2, 0.25) is 0 Å². The van der Waals surface area contributed by atoms with Gasteiger partial charge in [0.1, 0.15) is 5.82 Å². The van der Waals surface area contributed by atoms with Crippen molar-refractivity contribution in [3.63, 3.8) is 0 Å². The summed E-state index contributed by atoms with van der Waals surface area (Å²) in [6.07, 6.45) is 1.44. The Balaban J connectivity index is 2.32. The standard InChI is InChI=1S/C10H10ClFO2S/c11-15(13,14)10-4-2-7-5-9(12)3-1-8(7)6-10/h1,3,5,10H,2,4,6H2/t10-/m1/s1. The predicted octanol–water partition coefficient (Wildman–Crippen LogP) is 2.25. The van der Waals surface area contributed by atoms with Crippen LogP contribution in [-0.4, -0.2) is 13.7 Å². The number of rotatable bonds is 1. The number of hydrogen-bond acceptors (Lipinski definition) is 2. The van der Waals surface area contributed by atoms with E-state index in [9.17, 15) is 12.8 Å². The molecule has 0 saturated carbocycles. The van der Waals surface area contributed by atoms with Crippen molar-refractivity contribution in [3.8, 4) is 0 Å². The van der Waals surface area contributed by atoms with E-state index in [4.69, 9.17) is 10.7 Å². The molecule has 2 rings (SSSR count). The van der Waals surface area contributed by atoms with Crippen molar-refractivity contribution >= 4 is 19.7 Å². The zero-order valence-corrected chi connectivity index (χ0v) is 9.48. The minimum Gasteiger partial charge on any atom is -0.212 e. The second-order valence-corrected chi connectivity index (χ2v) is 6.66. The van der Waals surface area contributed by atoms with Crippen LogP contribution in [-0.2, 0) is 21.9 Å². The van der Waals surface area contributed by atoms with Crippen molar-refractivity contribution < 1.29 is 12.8 Å². The number of fused-ring (bicyclic) bond motifs is 1. The normalized spacial score (nSPS) is 21.1. The highest BCUT2D eigenvalue weighted by Gasteiger charge is 2.28. The van der Waals surface area contributed by atoms with Gasteiger partial charge in [-0.2, -0.15) is 0 Å². The molecule has 0 bridgehead atoms. The number of halogens is 2. The van der Waals surface area contributed by atoms with Gasteiger partial charge in [0.25, 0.3) is 0 Å². The fraction of sp³-hybridized carbons (Fsp3) is 0.400. The third-order valence-electron chi connectivity index (χ3n) is 2.75. The molecule has 0 spiro atoms. The van der Waals surface area contributed by atoms with Gasteiger partial charge in [-0.25, -0.2) is 12.8 Å². The molecule has 5 heteroatoms. The third kappa shape index (κ3) is 2.32. The van der Waals surface area contributed by atoms with Crippen LogP contribution in [0.5, 0.6) is 0 Å². The van der Waals surface area contributed by atoms with Gasteiger partial charge < -0.3 is 0 Å². The molecule has 0 unspecified atom stereocenters. The van der Waals surface area contributed by atoms with Crippen molar-refractivity contribution in [1.82, 2.24) is 0 Å². The predicted molar refractivity (Wildman–Crippen MR) is 57.0 cm³/mol. The van der Waals surface area contributed by atoms with Gasteiger partial charge in [-0.05, 0) is 42.5 Å². The van der Waals surface area contributed by atoms with Gasteiger partial charge >= 0.3 is 0 Å². The maximum atomic E-state index is 12.9. The van der Waals surface area contributed by atoms with Gasteiger partial charge in [0.05, 0.1) is 5.25 Å². The quantitative estimate of drug-likeness (QED) is 0.715. The summed E-state index contributed by atoms with van der Waals surface area (Å²) in [5.74, 6) is -0.277. The molecule has 0 amide bonds. The molecular formula is C10H10ClFO2S. The smallest absolute Gasteiger partial charge is 0.212 e. The van der Waals surface area contributed by atoms with Crippen LogP contribution in [0.4, 0.5) is 4.39 Å². The molecule has 1 aliphatic rings. The first-order valence-corrected chi connectivity index (χ1v) is 7.05. The lowest BCUT2D eigenvalue weighted by Crippen LogP contribution is -2.25. The topological polar surface area (TPSA) is 34.1 Å². The second-order valence-electron chi connectivity index (χ2n) is 3.75. The first-order valence-electron chi connectivity index (χ1n) is 4.67. The zero-order chi connectivity index (χ0) is 11.1. The summed E-state index contributed by atoms with van der Waals surface area (Å²) in [7, 11) is 1.81. The average molecular weight is 249 g/mol. The zero-order valence-electron chi connectivity index (χ0n) is 7.91. The molecule has 0 N–H and O–H groups in total. The highest BCUT2D eigenvalue weighted by molar-refractivity contribution is 8.14. The van der Waals surface area contributed by atoms with Crippen LogP contribution >= 0.6 is 10.7 Å². The van der Waals surface area contributed by atoms with Crippen LogP contribution < -0.4 is 0 Å². The molecule has 0 saturated heterocycles. The largest absolute Gasteiger partial charge is 0.235 e. The van der Waals surface area contributed by atoms with Gasteiger partial charge in [-0.3, -0.25) is 0 Å². The fourth-order valence-corrected chi connectivity index (χ4v) is 3.16. The molecule has 0 radical (unpaired) electrons. The van der Waals surface area contributed by atoms with Gasteiger partial charge in [0.2, 0.25) is 9.05 Å². The molecule has 1 atom stereocenters. The second kappa shape index (κ2) is 3.76. The van der Waals surface area contributed by atoms with E-state index in [0.29, 0.717) is 19.3 Å². The Hall–Kier alpha value is -0.610. The van der Waals surface area contributed by atoms with Gasteiger partial charge in [-0.15, -0.1) is 0 Å². The van der Waals surface area contributed by atoms with Gasteiger partial charge in [0, 0.05) is 10.7 Å². The van der Waals surface area contributed by atoms with E-state index >= 15 is 0 Å². The first kappa shape index (κ1) is 10.9. The minimum atomic E-state index is -3.50. The van der Waals surface area contributed by atoms with Crippen LogP contribution in [0.3, 0.4) is 0 Å². The Morgan fingerprint density at radius 1 is 1.33 bits per heavy atom. The fourth-order valence-electron chi connectivity index (χ4n) is 1.93. The molecule has 0 heterocycles. The molecular weight excluding hydrogens is 239 g/mol. The molecule has 1 aromatic rings. The van der Waals surface area contributed by atoms with Crippen molar-refractivity contribution in [1.29, 1.82) is 0 Å². The van der Waals surface area contributed by atoms with Gasteiger partial charge in [0.15, 0.2) is 0 Å². The lowest BCUT2D eigenvalue weighted by Gasteiger charge is -2.21. The summed E-state index contributed by atoms with van der Waals surface area (Å²) in [6.45, 7) is 0. The average Bonchev–Trinajstić information content (AvgIpc) is 2.15. The lowest BCUT2D eigenvalue weighted by molar-refractivity contribution is 0.572. The van der Waals surface area contributed by atoms with Crippen molar-refractivity contribution in [2.75, 3.05) is 0 Å². The lowest BCUT2D eigenvalue weighted by atomic mass is 9.91. The number of aryl methyl sites for hydroxylation is 1. The first-order chi connectivity index (χ1) is 6.97. The highest BCUT2D eigenvalue weighted by atomic mass is 35.7. The van der Waals surface area contributed by atoms with E-state index < -0.39 is 14.3 Å². The molecule has 2 nitrogen and oxygen atoms in total. The van der Waals surface area contributed by atoms with Crippen LogP contribution in [0, 0.1) is 5.82 Å². The Morgan fingerprint density at radius 2 is 2.07 bits per heavy atom. The van der Waals surface area contributed by atoms with Gasteiger partial charge in [-0.1, -0.05) is 6.07 Å². The molecule has 0 fully saturated rings. The molecule has 15 heavy (non-hydrogen) atoms. The van der Waals surface area contributed by atoms with E-state index in [0.717, 1.165) is 11.1 Å². The van der Waals surface area contributed by atoms with Crippen LogP contribution in [0.15, 0.2) is 18.2 Å². The Labute approximate surface area is 92.5 Å². The Kier molecular flexibility index (Phi) is 2.73. The maximum absolute atomic E-state index is 12.9. The molecule has 82 valence electrons. The third-order valence-corrected chi connectivity index (χ3v) is 4.70. The molecule has 1 aliphatic carbocycles. The van der Waals surface area contributed by atoms with Crippen LogP contribution in [0.1, 0.15) is 17.5 Å². The highest BCUT2D eigenvalue weighted by Crippen LogP contribution is 2.27. The van der Waals surface area contributed by atoms with E-state index in [1.807, 2.05) is 0 Å². The van der Waals surface area contributed by atoms with Crippen molar-refractivity contribution in [2.45, 2.75) is 24.5 Å². The Morgan fingerprint density at radius 3 is 2.73 bits per heavy atom.